The van der Waals surface area contributed by atoms with Gasteiger partial charge in [0.2, 0.25) is 0 Å². The van der Waals surface area contributed by atoms with Crippen LogP contribution in [0, 0.1) is 12.7 Å². The molecule has 0 saturated carbocycles. The summed E-state index contributed by atoms with van der Waals surface area (Å²) in [5, 5.41) is 12.8. The van der Waals surface area contributed by atoms with Crippen molar-refractivity contribution in [3.05, 3.63) is 52.8 Å². The Morgan fingerprint density at radius 1 is 1.11 bits per heavy atom. The second kappa shape index (κ2) is 11.1. The van der Waals surface area contributed by atoms with Gasteiger partial charge >= 0.3 is 35.6 Å². The Morgan fingerprint density at radius 3 is 2.22 bits per heavy atom. The van der Waals surface area contributed by atoms with Gasteiger partial charge in [0.15, 0.2) is 0 Å². The SMILES string of the molecule is Cc1cc(Pc2ccc(F)cc2CN(C)C)c(O)c(C(C)(C)C)c1.[Cl][Ti][Cl]. The predicted octanol–water partition coefficient (Wildman–Crippen LogP) is 5.20. The molecule has 0 amide bonds. The Kier molecular flexibility index (Phi) is 10.3. The molecule has 2 aromatic rings. The van der Waals surface area contributed by atoms with E-state index in [1.807, 2.05) is 38.1 Å². The predicted molar refractivity (Wildman–Crippen MR) is 115 cm³/mol. The maximum atomic E-state index is 13.6. The minimum absolute atomic E-state index is 0.120. The number of hydrogen-bond acceptors (Lipinski definition) is 2. The number of halogens is 3. The summed E-state index contributed by atoms with van der Waals surface area (Å²) in [6.45, 7) is 9.03. The van der Waals surface area contributed by atoms with Gasteiger partial charge in [0.05, 0.1) is 0 Å². The van der Waals surface area contributed by atoms with E-state index in [9.17, 15) is 9.50 Å². The summed E-state index contributed by atoms with van der Waals surface area (Å²) in [5.74, 6) is 0.149. The first-order valence-electron chi connectivity index (χ1n) is 8.50. The van der Waals surface area contributed by atoms with Gasteiger partial charge in [0.25, 0.3) is 0 Å². The van der Waals surface area contributed by atoms with Gasteiger partial charge in [-0.05, 0) is 61.1 Å². The fourth-order valence-corrected chi connectivity index (χ4v) is 4.07. The molecule has 148 valence electrons. The van der Waals surface area contributed by atoms with Crippen molar-refractivity contribution < 1.29 is 26.5 Å². The van der Waals surface area contributed by atoms with E-state index < -0.39 is 17.0 Å². The Morgan fingerprint density at radius 2 is 1.70 bits per heavy atom. The van der Waals surface area contributed by atoms with Crippen molar-refractivity contribution >= 4 is 37.8 Å². The van der Waals surface area contributed by atoms with Crippen molar-refractivity contribution in [3.8, 4) is 5.75 Å². The number of aryl methyl sites for hydroxylation is 1. The fourth-order valence-electron chi connectivity index (χ4n) is 2.75. The zero-order valence-corrected chi connectivity index (χ0v) is 20.7. The van der Waals surface area contributed by atoms with Crippen LogP contribution >= 0.6 is 27.2 Å². The van der Waals surface area contributed by atoms with Crippen LogP contribution in [0.1, 0.15) is 37.5 Å². The normalized spacial score (nSPS) is 11.6. The molecule has 0 radical (unpaired) electrons. The van der Waals surface area contributed by atoms with Crippen molar-refractivity contribution in [2.45, 2.75) is 39.7 Å². The van der Waals surface area contributed by atoms with Gasteiger partial charge in [-0.2, -0.15) is 0 Å². The van der Waals surface area contributed by atoms with E-state index >= 15 is 0 Å². The number of phenolic OH excluding ortho intramolecular Hbond substituents is 1. The quantitative estimate of drug-likeness (QED) is 0.495. The zero-order chi connectivity index (χ0) is 20.8. The minimum atomic E-state index is -0.556. The van der Waals surface area contributed by atoms with E-state index in [1.165, 1.54) is 6.07 Å². The topological polar surface area (TPSA) is 23.5 Å². The van der Waals surface area contributed by atoms with Crippen molar-refractivity contribution in [3.63, 3.8) is 0 Å². The summed E-state index contributed by atoms with van der Waals surface area (Å²) < 4.78 is 13.6. The van der Waals surface area contributed by atoms with E-state index in [-0.39, 0.29) is 11.2 Å². The average molecular weight is 466 g/mol. The third kappa shape index (κ3) is 8.01. The molecule has 1 atom stereocenters. The standard InChI is InChI=1S/C20H27FNOP.2ClH.Ti/c1-13-9-16(20(2,3)4)19(23)18(10-13)24-17-8-7-15(21)11-14(17)12-22(5)6;;;/h7-11,23-24H,12H2,1-6H3;2*1H;/q;;;+2/p-2. The molecule has 0 aliphatic heterocycles. The summed E-state index contributed by atoms with van der Waals surface area (Å²) in [6, 6.07) is 9.02. The molecule has 0 saturated heterocycles. The second-order valence-corrected chi connectivity index (χ2v) is 11.6. The fraction of sp³-hybridized carbons (Fsp3) is 0.400. The van der Waals surface area contributed by atoms with E-state index in [1.54, 1.807) is 6.07 Å². The molecule has 0 spiro atoms. The number of benzene rings is 2. The Balaban J connectivity index is 0.00000114. The summed E-state index contributed by atoms with van der Waals surface area (Å²) >= 11 is -0.556. The number of hydrogen-bond donors (Lipinski definition) is 1. The van der Waals surface area contributed by atoms with E-state index in [2.05, 4.69) is 26.8 Å². The van der Waals surface area contributed by atoms with E-state index in [0.29, 0.717) is 20.9 Å². The zero-order valence-electron chi connectivity index (χ0n) is 16.6. The molecule has 0 bridgehead atoms. The molecule has 2 rings (SSSR count). The van der Waals surface area contributed by atoms with Gasteiger partial charge < -0.3 is 10.0 Å². The first kappa shape index (κ1) is 24.9. The molecule has 2 nitrogen and oxygen atoms in total. The van der Waals surface area contributed by atoms with Gasteiger partial charge in [-0.25, -0.2) is 4.39 Å². The van der Waals surface area contributed by atoms with Crippen molar-refractivity contribution in [2.24, 2.45) is 0 Å². The molecule has 0 fully saturated rings. The van der Waals surface area contributed by atoms with Crippen molar-refractivity contribution in [1.82, 2.24) is 4.90 Å². The maximum absolute atomic E-state index is 13.6. The van der Waals surface area contributed by atoms with Crippen LogP contribution in [-0.4, -0.2) is 24.1 Å². The number of rotatable bonds is 4. The summed E-state index contributed by atoms with van der Waals surface area (Å²) in [6.07, 6.45) is 0. The summed E-state index contributed by atoms with van der Waals surface area (Å²) in [5.41, 5.74) is 2.94. The van der Waals surface area contributed by atoms with Crippen molar-refractivity contribution in [2.75, 3.05) is 14.1 Å². The van der Waals surface area contributed by atoms with Crippen LogP contribution in [-0.2, 0) is 29.0 Å². The molecule has 1 unspecified atom stereocenters. The molecule has 0 aliphatic carbocycles. The third-order valence-corrected chi connectivity index (χ3v) is 5.29. The molecule has 0 aliphatic rings. The number of phenols is 1. The number of nitrogens with zero attached hydrogens (tertiary/aromatic N) is 1. The van der Waals surface area contributed by atoms with Gasteiger partial charge in [-0.1, -0.05) is 41.5 Å². The van der Waals surface area contributed by atoms with Crippen LogP contribution in [0.4, 0.5) is 4.39 Å². The summed E-state index contributed by atoms with van der Waals surface area (Å²) in [4.78, 5) is 2.03. The van der Waals surface area contributed by atoms with Gasteiger partial charge in [-0.15, -0.1) is 0 Å². The first-order chi connectivity index (χ1) is 12.5. The molecule has 1 N–H and O–H groups in total. The molecular weight excluding hydrogens is 439 g/mol. The summed E-state index contributed by atoms with van der Waals surface area (Å²) in [7, 11) is 14.0. The third-order valence-electron chi connectivity index (χ3n) is 3.89. The second-order valence-electron chi connectivity index (χ2n) is 7.69. The monoisotopic (exact) mass is 465 g/mol. The molecule has 7 heteroatoms. The molecule has 0 heterocycles. The molecular formula is C20H27Cl2FNOPTi. The van der Waals surface area contributed by atoms with Crippen molar-refractivity contribution in [1.29, 1.82) is 0 Å². The van der Waals surface area contributed by atoms with E-state index in [0.717, 1.165) is 27.3 Å². The average Bonchev–Trinajstić information content (AvgIpc) is 2.52. The number of aromatic hydroxyl groups is 1. The molecule has 0 aromatic heterocycles. The first-order valence-corrected chi connectivity index (χ1v) is 13.8. The van der Waals surface area contributed by atoms with E-state index in [4.69, 9.17) is 18.6 Å². The Bertz CT molecular complexity index is 766. The van der Waals surface area contributed by atoms with Gasteiger partial charge in [-0.3, -0.25) is 0 Å². The van der Waals surface area contributed by atoms with Crippen LogP contribution in [0.3, 0.4) is 0 Å². The molecule has 2 aromatic carbocycles. The van der Waals surface area contributed by atoms with Crippen LogP contribution in [0.5, 0.6) is 5.75 Å². The van der Waals surface area contributed by atoms with Crippen LogP contribution in [0.2, 0.25) is 0 Å². The Hall–Kier alpha value is -0.146. The van der Waals surface area contributed by atoms with Crippen LogP contribution in [0.15, 0.2) is 30.3 Å². The van der Waals surface area contributed by atoms with Crippen LogP contribution in [0.25, 0.3) is 0 Å². The van der Waals surface area contributed by atoms with Gasteiger partial charge in [0.1, 0.15) is 11.6 Å². The van der Waals surface area contributed by atoms with Crippen LogP contribution < -0.4 is 10.6 Å². The Labute approximate surface area is 180 Å². The van der Waals surface area contributed by atoms with Gasteiger partial charge in [0, 0.05) is 17.4 Å². The molecule has 27 heavy (non-hydrogen) atoms.